The molecule has 81 valence electrons. The summed E-state index contributed by atoms with van der Waals surface area (Å²) in [5, 5.41) is 8.69. The third-order valence-corrected chi connectivity index (χ3v) is 2.21. The summed E-state index contributed by atoms with van der Waals surface area (Å²) >= 11 is 0. The Bertz CT molecular complexity index is 173. The normalized spacial score (nSPS) is 10.5. The van der Waals surface area contributed by atoms with Crippen LogP contribution in [0.3, 0.4) is 0 Å². The van der Waals surface area contributed by atoms with E-state index in [0.717, 1.165) is 19.3 Å². The van der Waals surface area contributed by atoms with Crippen molar-refractivity contribution in [1.29, 1.82) is 0 Å². The highest BCUT2D eigenvalue weighted by Gasteiger charge is 2.22. The average Bonchev–Trinajstić information content (AvgIpc) is 2.09. The first-order valence-corrected chi connectivity index (χ1v) is 5.19. The molecule has 0 heterocycles. The molecule has 0 atom stereocenters. The highest BCUT2D eigenvalue weighted by molar-refractivity contribution is 6.11. The van der Waals surface area contributed by atoms with Gasteiger partial charge in [0.25, 0.3) is 0 Å². The molecule has 0 rings (SSSR count). The van der Waals surface area contributed by atoms with E-state index in [4.69, 9.17) is 5.11 Å². The summed E-state index contributed by atoms with van der Waals surface area (Å²) in [5.74, 6) is -1.33. The second kappa shape index (κ2) is 7.54. The second-order valence-corrected chi connectivity index (χ2v) is 3.50. The number of carbonyl (C=O) groups is 2. The molecule has 0 bridgehead atoms. The van der Waals surface area contributed by atoms with E-state index in [1.165, 1.54) is 19.8 Å². The molecule has 3 heteroatoms. The molecule has 1 radical (unpaired) electrons. The molecule has 0 amide bonds. The summed E-state index contributed by atoms with van der Waals surface area (Å²) in [6.45, 7) is 3.44. The third-order valence-electron chi connectivity index (χ3n) is 2.21. The standard InChI is InChI=1S/C11H19O3/c1-3-4-5-6-7-8-10(9(2)12)11(13)14/h3-8H2,1-2H3,(H,13,14). The lowest BCUT2D eigenvalue weighted by atomic mass is 9.97. The van der Waals surface area contributed by atoms with Gasteiger partial charge in [-0.1, -0.05) is 39.0 Å². The van der Waals surface area contributed by atoms with Gasteiger partial charge in [0.15, 0.2) is 0 Å². The van der Waals surface area contributed by atoms with E-state index < -0.39 is 5.97 Å². The Balaban J connectivity index is 3.62. The summed E-state index contributed by atoms with van der Waals surface area (Å²) in [6, 6.07) is 0. The van der Waals surface area contributed by atoms with Gasteiger partial charge in [-0.2, -0.15) is 0 Å². The summed E-state index contributed by atoms with van der Waals surface area (Å²) in [7, 11) is 0. The molecule has 0 saturated carbocycles. The van der Waals surface area contributed by atoms with Crippen molar-refractivity contribution in [3.63, 3.8) is 0 Å². The first-order chi connectivity index (χ1) is 6.59. The first kappa shape index (κ1) is 13.1. The quantitative estimate of drug-likeness (QED) is 0.483. The monoisotopic (exact) mass is 199 g/mol. The van der Waals surface area contributed by atoms with Gasteiger partial charge in [0.2, 0.25) is 0 Å². The van der Waals surface area contributed by atoms with Crippen LogP contribution in [-0.4, -0.2) is 16.9 Å². The van der Waals surface area contributed by atoms with Crippen LogP contribution < -0.4 is 0 Å². The molecule has 0 aromatic carbocycles. The van der Waals surface area contributed by atoms with E-state index in [0.29, 0.717) is 6.42 Å². The van der Waals surface area contributed by atoms with E-state index >= 15 is 0 Å². The number of hydrogen-bond acceptors (Lipinski definition) is 2. The Kier molecular flexibility index (Phi) is 7.07. The maximum Gasteiger partial charge on any atom is 0.318 e. The Morgan fingerprint density at radius 3 is 2.07 bits per heavy atom. The fourth-order valence-electron chi connectivity index (χ4n) is 1.34. The molecule has 0 unspecified atom stereocenters. The zero-order valence-corrected chi connectivity index (χ0v) is 9.01. The van der Waals surface area contributed by atoms with Gasteiger partial charge < -0.3 is 5.11 Å². The van der Waals surface area contributed by atoms with Crippen molar-refractivity contribution in [3.8, 4) is 0 Å². The molecule has 0 fully saturated rings. The lowest BCUT2D eigenvalue weighted by Gasteiger charge is -2.06. The predicted octanol–water partition coefficient (Wildman–Crippen LogP) is 2.59. The fourth-order valence-corrected chi connectivity index (χ4v) is 1.34. The number of carbonyl (C=O) groups excluding carboxylic acids is 1. The van der Waals surface area contributed by atoms with Gasteiger partial charge in [0.05, 0.1) is 0 Å². The number of rotatable bonds is 8. The Morgan fingerprint density at radius 1 is 1.07 bits per heavy atom. The van der Waals surface area contributed by atoms with Gasteiger partial charge in [0, 0.05) is 0 Å². The van der Waals surface area contributed by atoms with Crippen LogP contribution in [0.15, 0.2) is 0 Å². The van der Waals surface area contributed by atoms with Gasteiger partial charge in [-0.25, -0.2) is 0 Å². The molecule has 14 heavy (non-hydrogen) atoms. The number of aliphatic carboxylic acids is 1. The van der Waals surface area contributed by atoms with Gasteiger partial charge in [-0.3, -0.25) is 9.59 Å². The van der Waals surface area contributed by atoms with Crippen molar-refractivity contribution in [3.05, 3.63) is 5.92 Å². The molecule has 0 saturated heterocycles. The predicted molar refractivity (Wildman–Crippen MR) is 54.9 cm³/mol. The van der Waals surface area contributed by atoms with Crippen LogP contribution in [0.4, 0.5) is 0 Å². The number of Topliss-reactive ketones (excluding diaryl/α,β-unsaturated/α-hetero) is 1. The molecule has 0 spiro atoms. The van der Waals surface area contributed by atoms with Crippen LogP contribution >= 0.6 is 0 Å². The number of hydrogen-bond donors (Lipinski definition) is 1. The van der Waals surface area contributed by atoms with Crippen LogP contribution in [0.5, 0.6) is 0 Å². The van der Waals surface area contributed by atoms with Crippen LogP contribution in [0.25, 0.3) is 0 Å². The molecule has 1 N–H and O–H groups in total. The molecule has 0 aromatic heterocycles. The van der Waals surface area contributed by atoms with E-state index in [2.05, 4.69) is 6.92 Å². The number of carboxylic acid groups (broad SMARTS) is 1. The minimum atomic E-state index is -1.06. The van der Waals surface area contributed by atoms with Crippen LogP contribution in [0.2, 0.25) is 0 Å². The van der Waals surface area contributed by atoms with Crippen molar-refractivity contribution in [2.24, 2.45) is 0 Å². The molecule has 0 aliphatic rings. The van der Waals surface area contributed by atoms with Crippen molar-refractivity contribution in [2.75, 3.05) is 0 Å². The van der Waals surface area contributed by atoms with Crippen LogP contribution in [-0.2, 0) is 9.59 Å². The van der Waals surface area contributed by atoms with Crippen molar-refractivity contribution in [1.82, 2.24) is 0 Å². The summed E-state index contributed by atoms with van der Waals surface area (Å²) in [6.07, 6.45) is 5.71. The molecule has 0 aliphatic heterocycles. The Morgan fingerprint density at radius 2 is 1.64 bits per heavy atom. The Hall–Kier alpha value is -0.860. The SMILES string of the molecule is CCCCCCC[C](C(C)=O)C(=O)O. The highest BCUT2D eigenvalue weighted by atomic mass is 16.4. The molecule has 3 nitrogen and oxygen atoms in total. The van der Waals surface area contributed by atoms with Gasteiger partial charge in [0.1, 0.15) is 11.7 Å². The van der Waals surface area contributed by atoms with Crippen LogP contribution in [0, 0.1) is 5.92 Å². The van der Waals surface area contributed by atoms with Crippen molar-refractivity contribution >= 4 is 11.8 Å². The first-order valence-electron chi connectivity index (χ1n) is 5.19. The van der Waals surface area contributed by atoms with Crippen molar-refractivity contribution < 1.29 is 14.7 Å². The number of unbranched alkanes of at least 4 members (excludes halogenated alkanes) is 4. The van der Waals surface area contributed by atoms with Crippen molar-refractivity contribution in [2.45, 2.75) is 52.4 Å². The smallest absolute Gasteiger partial charge is 0.318 e. The van der Waals surface area contributed by atoms with E-state index in [-0.39, 0.29) is 11.7 Å². The highest BCUT2D eigenvalue weighted by Crippen LogP contribution is 2.14. The molecular formula is C11H19O3. The summed E-state index contributed by atoms with van der Waals surface area (Å²) in [4.78, 5) is 21.5. The van der Waals surface area contributed by atoms with Gasteiger partial charge in [-0.05, 0) is 13.3 Å². The largest absolute Gasteiger partial charge is 0.480 e. The van der Waals surface area contributed by atoms with E-state index in [1.807, 2.05) is 0 Å². The summed E-state index contributed by atoms with van der Waals surface area (Å²) in [5.41, 5.74) is 0. The van der Waals surface area contributed by atoms with Gasteiger partial charge >= 0.3 is 5.97 Å². The number of carboxylic acids is 1. The molecule has 0 aliphatic carbocycles. The average molecular weight is 199 g/mol. The topological polar surface area (TPSA) is 54.4 Å². The lowest BCUT2D eigenvalue weighted by Crippen LogP contribution is -2.18. The fraction of sp³-hybridized carbons (Fsp3) is 0.727. The zero-order valence-electron chi connectivity index (χ0n) is 9.01. The second-order valence-electron chi connectivity index (χ2n) is 3.50. The van der Waals surface area contributed by atoms with Crippen LogP contribution in [0.1, 0.15) is 52.4 Å². The minimum Gasteiger partial charge on any atom is -0.480 e. The third kappa shape index (κ3) is 5.73. The molecule has 0 aromatic rings. The van der Waals surface area contributed by atoms with Gasteiger partial charge in [-0.15, -0.1) is 0 Å². The molecular weight excluding hydrogens is 180 g/mol. The van der Waals surface area contributed by atoms with E-state index in [9.17, 15) is 9.59 Å². The minimum absolute atomic E-state index is 0.0431. The van der Waals surface area contributed by atoms with E-state index in [1.54, 1.807) is 0 Å². The maximum atomic E-state index is 10.9. The zero-order chi connectivity index (χ0) is 11.0. The lowest BCUT2D eigenvalue weighted by molar-refractivity contribution is -0.137. The maximum absolute atomic E-state index is 10.9. The Labute approximate surface area is 85.5 Å². The summed E-state index contributed by atoms with van der Waals surface area (Å²) < 4.78 is 0. The number of ketones is 1.